The fourth-order valence-corrected chi connectivity index (χ4v) is 24.5. The molecule has 8 unspecified atom stereocenters. The molecule has 26 rings (SSSR count). The molecule has 754 valence electrons. The summed E-state index contributed by atoms with van der Waals surface area (Å²) >= 11 is 0. The number of carbonyl (C=O) groups is 2. The van der Waals surface area contributed by atoms with E-state index in [0.717, 1.165) is 197 Å². The Morgan fingerprint density at radius 3 is 1.07 bits per heavy atom. The van der Waals surface area contributed by atoms with Crippen LogP contribution >= 0.6 is 0 Å². The molecule has 0 bridgehead atoms. The van der Waals surface area contributed by atoms with Crippen LogP contribution in [0.4, 0.5) is 18.0 Å². The van der Waals surface area contributed by atoms with E-state index in [9.17, 15) is 61.8 Å². The number of aliphatic hydroxyl groups excluding tert-OH is 6. The number of aromatic nitrogens is 12. The van der Waals surface area contributed by atoms with Gasteiger partial charge in [0.2, 0.25) is 10.0 Å². The molecule has 14 aromatic rings. The highest BCUT2D eigenvalue weighted by Crippen LogP contribution is 2.55. The van der Waals surface area contributed by atoms with Gasteiger partial charge in [0.25, 0.3) is 5.91 Å². The van der Waals surface area contributed by atoms with E-state index in [0.29, 0.717) is 92.6 Å². The van der Waals surface area contributed by atoms with Crippen molar-refractivity contribution >= 4 is 55.1 Å². The van der Waals surface area contributed by atoms with E-state index in [1.807, 2.05) is 130 Å². The van der Waals surface area contributed by atoms with Crippen molar-refractivity contribution in [3.63, 3.8) is 0 Å². The van der Waals surface area contributed by atoms with Crippen LogP contribution in [0.15, 0.2) is 203 Å². The van der Waals surface area contributed by atoms with Crippen LogP contribution in [0, 0.1) is 29.6 Å². The zero-order valence-corrected chi connectivity index (χ0v) is 82.3. The number of nitrogens with one attached hydrogen (secondary N) is 1. The number of amides is 2. The van der Waals surface area contributed by atoms with Gasteiger partial charge < -0.3 is 72.0 Å². The van der Waals surface area contributed by atoms with Crippen molar-refractivity contribution in [1.82, 2.24) is 70.8 Å². The number of imidazole rings is 6. The van der Waals surface area contributed by atoms with Crippen LogP contribution < -0.4 is 5.32 Å². The van der Waals surface area contributed by atoms with Crippen LogP contribution in [0.3, 0.4) is 0 Å². The van der Waals surface area contributed by atoms with Gasteiger partial charge in [0.15, 0.2) is 0 Å². The largest absolute Gasteiger partial charge is 0.445 e. The summed E-state index contributed by atoms with van der Waals surface area (Å²) in [5, 5.41) is 69.6. The van der Waals surface area contributed by atoms with Crippen LogP contribution in [0.25, 0.3) is 33.1 Å². The summed E-state index contributed by atoms with van der Waals surface area (Å²) in [6.07, 6.45) is 59.9. The van der Waals surface area contributed by atoms with Gasteiger partial charge in [-0.25, -0.2) is 60.6 Å². The van der Waals surface area contributed by atoms with E-state index in [-0.39, 0.29) is 48.2 Å². The fourth-order valence-electron chi connectivity index (χ4n) is 23.6. The summed E-state index contributed by atoms with van der Waals surface area (Å²) in [6.45, 7) is 2.38. The lowest BCUT2D eigenvalue weighted by molar-refractivity contribution is 0.0371. The number of alkyl halides is 3. The molecule has 0 spiro atoms. The number of nitrogens with zero attached hydrogens (tertiary/aromatic N) is 14. The molecule has 0 radical (unpaired) electrons. The monoisotopic (exact) mass is 1970 g/mol. The fraction of sp³-hybridized carbons (Fsp3) is 0.504. The SMILES string of the molecule is CS(=O)(=O)N1CCCC(C(O)c2c(C3CC3)ccn3cncc23)C1.O=C(NC1CC1)c1cccc(C(O)c2c(C3CC3)ccn3cncc23)c1.O=C(OCc1ccccc1)N1CCCC(C(O)c2c(C3CC3)ccn3cncc23)C1.OC(c1c([C@H]2C[C@@H]2F)ccn2cncc12)C1CCCCC1.OC(c1c([C@H]2C[C@H]2F)ccn2cncc12)C1CCCCC1.OC(c1c([C@H]2C[C@H]2F)ccn2cncc12)C1CCCCC1. The van der Waals surface area contributed by atoms with Gasteiger partial charge in [-0.1, -0.05) is 100 Å². The number of halogens is 3. The molecule has 30 heteroatoms. The number of sulfonamides is 1. The van der Waals surface area contributed by atoms with Gasteiger partial charge in [-0.05, 0) is 263 Å². The standard InChI is InChI=1S/C24H27N3O3.C21H21N3O2.3C17H21FN2O.C17H23N3O3S/c28-23(22-20(18-8-9-18)10-12-27-16-25-13-21(22)27)19-7-4-11-26(14-19)24(29)30-15-17-5-2-1-3-6-17;25-20(14-2-1-3-15(10-14)21(26)23-16-6-7-16)19-17(13-4-5-13)8-9-24-12-22-11-18(19)24;3*18-14-8-13(14)12-6-7-20-10-19-9-15(20)16(12)17(21)11-4-2-1-3-5-11;1-24(22,23)20-7-2-3-13(10-20)17(21)16-14(12-4-5-12)6-8-19-11-18-9-15(16)19/h1-3,5-6,10,12-13,16,18-19,23,28H,4,7-9,11,14-15H2;1-3,8-13,16,20,25H,4-7H2,(H,23,26);3*6-7,9-11,13-14,17,21H,1-5,8H2;6,8-9,11-13,17,21H,2-5,7,10H2,1H3/t;;13-,14+,17?;2*13-,14-,17?;/m..111./s1. The second kappa shape index (κ2) is 42.8. The average Bonchev–Trinajstić information content (AvgIpc) is 1.66. The number of hydrogen-bond donors (Lipinski definition) is 7. The molecule has 14 atom stereocenters. The minimum absolute atomic E-state index is 0.0124. The van der Waals surface area contributed by atoms with Crippen LogP contribution in [0.2, 0.25) is 0 Å². The van der Waals surface area contributed by atoms with Crippen molar-refractivity contribution in [3.8, 4) is 0 Å². The van der Waals surface area contributed by atoms with Crippen molar-refractivity contribution in [2.24, 2.45) is 29.6 Å². The molecule has 12 aliphatic rings. The smallest absolute Gasteiger partial charge is 0.410 e. The van der Waals surface area contributed by atoms with E-state index in [1.165, 1.54) is 97.9 Å². The second-order valence-corrected chi connectivity index (χ2v) is 44.7. The average molecular weight is 1970 g/mol. The maximum absolute atomic E-state index is 13.6. The molecular weight excluding hydrogens is 1830 g/mol. The van der Waals surface area contributed by atoms with Crippen molar-refractivity contribution < 1.29 is 66.6 Å². The number of hydrogen-bond acceptors (Lipinski definition) is 17. The lowest BCUT2D eigenvalue weighted by Crippen LogP contribution is -2.42. The Balaban J connectivity index is 0.000000102. The normalized spacial score (nSPS) is 23.9. The zero-order valence-electron chi connectivity index (χ0n) is 81.5. The maximum atomic E-state index is 13.6. The number of benzene rings is 2. The van der Waals surface area contributed by atoms with E-state index < -0.39 is 65.2 Å². The number of likely N-dealkylation sites (tertiary alicyclic amines) is 1. The summed E-state index contributed by atoms with van der Waals surface area (Å²) < 4.78 is 83.1. The first kappa shape index (κ1) is 97.8. The zero-order chi connectivity index (χ0) is 98.3. The van der Waals surface area contributed by atoms with Crippen LogP contribution in [-0.4, -0.2) is 174 Å². The van der Waals surface area contributed by atoms with Gasteiger partial charge in [0.1, 0.15) is 31.2 Å². The minimum Gasteiger partial charge on any atom is -0.445 e. The Hall–Kier alpha value is -11.2. The summed E-state index contributed by atoms with van der Waals surface area (Å²) in [6, 6.07) is 29.6. The first-order chi connectivity index (χ1) is 69.6. The Morgan fingerprint density at radius 2 is 0.713 bits per heavy atom. The third-order valence-corrected chi connectivity index (χ3v) is 33.8. The van der Waals surface area contributed by atoms with Gasteiger partial charge in [0, 0.05) is 138 Å². The molecule has 26 nitrogen and oxygen atoms in total. The number of carbonyl (C=O) groups excluding carboxylic acids is 2. The quantitative estimate of drug-likeness (QED) is 0.0313. The van der Waals surface area contributed by atoms with Crippen LogP contribution in [0.5, 0.6) is 0 Å². The highest BCUT2D eigenvalue weighted by Gasteiger charge is 2.47. The molecule has 2 amide bonds. The minimum atomic E-state index is -3.22. The molecular formula is C113H134F3N15O11S. The van der Waals surface area contributed by atoms with E-state index in [1.54, 1.807) is 86.0 Å². The number of ether oxygens (including phenoxy) is 1. The van der Waals surface area contributed by atoms with Crippen molar-refractivity contribution in [3.05, 3.63) is 287 Å². The molecule has 7 N–H and O–H groups in total. The summed E-state index contributed by atoms with van der Waals surface area (Å²) in [4.78, 5) is 52.0. The third kappa shape index (κ3) is 22.0. The molecule has 143 heavy (non-hydrogen) atoms. The molecule has 2 aromatic carbocycles. The maximum Gasteiger partial charge on any atom is 0.410 e. The molecule has 2 aliphatic heterocycles. The van der Waals surface area contributed by atoms with Crippen LogP contribution in [-0.2, 0) is 21.4 Å². The molecule has 10 saturated carbocycles. The van der Waals surface area contributed by atoms with Crippen molar-refractivity contribution in [2.45, 2.75) is 296 Å². The van der Waals surface area contributed by atoms with Gasteiger partial charge in [-0.3, -0.25) is 4.79 Å². The summed E-state index contributed by atoms with van der Waals surface area (Å²) in [5.74, 6) is 2.23. The number of fused-ring (bicyclic) bond motifs is 6. The molecule has 14 heterocycles. The second-order valence-electron chi connectivity index (χ2n) is 42.7. The van der Waals surface area contributed by atoms with Gasteiger partial charge in [-0.2, -0.15) is 0 Å². The summed E-state index contributed by atoms with van der Waals surface area (Å²) in [7, 11) is -3.22. The molecule has 10 aliphatic carbocycles. The van der Waals surface area contributed by atoms with Gasteiger partial charge in [-0.15, -0.1) is 0 Å². The molecule has 12 aromatic heterocycles. The van der Waals surface area contributed by atoms with Gasteiger partial charge >= 0.3 is 6.09 Å². The number of rotatable bonds is 23. The third-order valence-electron chi connectivity index (χ3n) is 32.5. The number of pyridine rings is 6. The Kier molecular flexibility index (Phi) is 29.3. The lowest BCUT2D eigenvalue weighted by atomic mass is 9.81. The molecule has 12 fully saturated rings. The molecule has 2 saturated heterocycles. The number of piperidine rings is 2. The van der Waals surface area contributed by atoms with Crippen LogP contribution in [0.1, 0.15) is 353 Å². The Labute approximate surface area is 832 Å². The predicted molar refractivity (Wildman–Crippen MR) is 539 cm³/mol. The van der Waals surface area contributed by atoms with Crippen molar-refractivity contribution in [1.29, 1.82) is 0 Å². The first-order valence-corrected chi connectivity index (χ1v) is 54.5. The predicted octanol–water partition coefficient (Wildman–Crippen LogP) is 20.7. The Bertz CT molecular complexity index is 6640. The van der Waals surface area contributed by atoms with E-state index in [2.05, 4.69) is 53.4 Å². The van der Waals surface area contributed by atoms with Crippen molar-refractivity contribution in [2.75, 3.05) is 32.4 Å². The first-order valence-electron chi connectivity index (χ1n) is 52.6. The highest BCUT2D eigenvalue weighted by atomic mass is 32.2. The number of aliphatic hydroxyl groups is 6. The lowest BCUT2D eigenvalue weighted by Gasteiger charge is -2.35. The highest BCUT2D eigenvalue weighted by molar-refractivity contribution is 7.88. The van der Waals surface area contributed by atoms with E-state index in [4.69, 9.17) is 4.74 Å². The van der Waals surface area contributed by atoms with Gasteiger partial charge in [0.05, 0.1) is 145 Å². The Morgan fingerprint density at radius 1 is 0.385 bits per heavy atom. The topological polar surface area (TPSA) is 321 Å². The van der Waals surface area contributed by atoms with E-state index >= 15 is 0 Å². The summed E-state index contributed by atoms with van der Waals surface area (Å²) in [5.41, 5.74) is 20.2.